The van der Waals surface area contributed by atoms with Crippen molar-refractivity contribution in [3.05, 3.63) is 33.8 Å². The number of hydrogen-bond acceptors (Lipinski definition) is 1. The smallest absolute Gasteiger partial charge is 0.0640 e. The monoisotopic (exact) mass is 287 g/mol. The Labute approximate surface area is 121 Å². The van der Waals surface area contributed by atoms with Crippen LogP contribution in [0.4, 0.5) is 0 Å². The zero-order chi connectivity index (χ0) is 13.9. The molecule has 0 saturated heterocycles. The van der Waals surface area contributed by atoms with Crippen molar-refractivity contribution >= 4 is 23.2 Å². The molecule has 0 aliphatic heterocycles. The van der Waals surface area contributed by atoms with E-state index < -0.39 is 0 Å². The van der Waals surface area contributed by atoms with Gasteiger partial charge in [-0.15, -0.1) is 0 Å². The van der Waals surface area contributed by atoms with Crippen molar-refractivity contribution in [3.63, 3.8) is 0 Å². The molecule has 0 saturated carbocycles. The first kappa shape index (κ1) is 15.8. The molecule has 0 radical (unpaired) electrons. The number of halogens is 2. The highest BCUT2D eigenvalue weighted by Crippen LogP contribution is 2.34. The zero-order valence-electron chi connectivity index (χ0n) is 11.6. The number of rotatable bonds is 4. The SMILES string of the molecule is CC(CC(N)c1cccc(Cl)c1Cl)CC(C)(C)C. The van der Waals surface area contributed by atoms with Gasteiger partial charge in [-0.2, -0.15) is 0 Å². The summed E-state index contributed by atoms with van der Waals surface area (Å²) < 4.78 is 0. The minimum absolute atomic E-state index is 0.0476. The molecule has 18 heavy (non-hydrogen) atoms. The van der Waals surface area contributed by atoms with Crippen molar-refractivity contribution in [2.45, 2.75) is 46.6 Å². The van der Waals surface area contributed by atoms with Crippen LogP contribution in [0.1, 0.15) is 52.1 Å². The normalized spacial score (nSPS) is 15.5. The number of hydrogen-bond donors (Lipinski definition) is 1. The van der Waals surface area contributed by atoms with E-state index in [9.17, 15) is 0 Å². The van der Waals surface area contributed by atoms with Crippen LogP contribution in [0.3, 0.4) is 0 Å². The maximum Gasteiger partial charge on any atom is 0.0640 e. The Bertz CT molecular complexity index is 396. The van der Waals surface area contributed by atoms with Crippen molar-refractivity contribution in [2.75, 3.05) is 0 Å². The number of nitrogens with two attached hydrogens (primary N) is 1. The van der Waals surface area contributed by atoms with Crippen LogP contribution < -0.4 is 5.73 Å². The first-order chi connectivity index (χ1) is 8.20. The largest absolute Gasteiger partial charge is 0.324 e. The molecule has 1 nitrogen and oxygen atoms in total. The van der Waals surface area contributed by atoms with Gasteiger partial charge in [0.1, 0.15) is 0 Å². The molecular formula is C15H23Cl2N. The summed E-state index contributed by atoms with van der Waals surface area (Å²) in [5, 5.41) is 1.17. The molecule has 1 rings (SSSR count). The molecule has 0 spiro atoms. The summed E-state index contributed by atoms with van der Waals surface area (Å²) in [5.41, 5.74) is 7.52. The van der Waals surface area contributed by atoms with Gasteiger partial charge in [-0.25, -0.2) is 0 Å². The number of benzene rings is 1. The third kappa shape index (κ3) is 4.79. The Morgan fingerprint density at radius 1 is 1.22 bits per heavy atom. The maximum atomic E-state index is 6.24. The summed E-state index contributed by atoms with van der Waals surface area (Å²) in [6.07, 6.45) is 2.08. The van der Waals surface area contributed by atoms with E-state index in [2.05, 4.69) is 27.7 Å². The van der Waals surface area contributed by atoms with Crippen molar-refractivity contribution in [2.24, 2.45) is 17.1 Å². The highest BCUT2D eigenvalue weighted by atomic mass is 35.5. The predicted octanol–water partition coefficient (Wildman–Crippen LogP) is 5.46. The minimum Gasteiger partial charge on any atom is -0.324 e. The summed E-state index contributed by atoms with van der Waals surface area (Å²) in [5.74, 6) is 0.565. The summed E-state index contributed by atoms with van der Waals surface area (Å²) in [4.78, 5) is 0. The first-order valence-electron chi connectivity index (χ1n) is 6.40. The van der Waals surface area contributed by atoms with Gasteiger partial charge in [0, 0.05) is 6.04 Å². The van der Waals surface area contributed by atoms with Crippen molar-refractivity contribution < 1.29 is 0 Å². The first-order valence-corrected chi connectivity index (χ1v) is 7.16. The summed E-state index contributed by atoms with van der Waals surface area (Å²) in [7, 11) is 0. The average molecular weight is 288 g/mol. The average Bonchev–Trinajstić information content (AvgIpc) is 2.18. The lowest BCUT2D eigenvalue weighted by atomic mass is 9.82. The van der Waals surface area contributed by atoms with Gasteiger partial charge in [-0.05, 0) is 35.8 Å². The van der Waals surface area contributed by atoms with Crippen LogP contribution in [0.2, 0.25) is 10.0 Å². The van der Waals surface area contributed by atoms with Gasteiger partial charge in [0.05, 0.1) is 10.0 Å². The highest BCUT2D eigenvalue weighted by Gasteiger charge is 2.19. The lowest BCUT2D eigenvalue weighted by Crippen LogP contribution is -2.18. The summed E-state index contributed by atoms with van der Waals surface area (Å²) in [6.45, 7) is 8.99. The lowest BCUT2D eigenvalue weighted by molar-refractivity contribution is 0.286. The van der Waals surface area contributed by atoms with E-state index in [4.69, 9.17) is 28.9 Å². The molecule has 0 heterocycles. The minimum atomic E-state index is -0.0476. The van der Waals surface area contributed by atoms with Crippen LogP contribution in [-0.2, 0) is 0 Å². The fourth-order valence-electron chi connectivity index (χ4n) is 2.50. The van der Waals surface area contributed by atoms with Crippen molar-refractivity contribution in [1.29, 1.82) is 0 Å². The Hall–Kier alpha value is -0.240. The quantitative estimate of drug-likeness (QED) is 0.782. The van der Waals surface area contributed by atoms with Crippen LogP contribution in [0.15, 0.2) is 18.2 Å². The van der Waals surface area contributed by atoms with E-state index in [1.807, 2.05) is 12.1 Å². The highest BCUT2D eigenvalue weighted by molar-refractivity contribution is 6.42. The molecular weight excluding hydrogens is 265 g/mol. The molecule has 2 N–H and O–H groups in total. The van der Waals surface area contributed by atoms with E-state index in [0.29, 0.717) is 21.4 Å². The topological polar surface area (TPSA) is 26.0 Å². The van der Waals surface area contributed by atoms with Gasteiger partial charge in [0.15, 0.2) is 0 Å². The van der Waals surface area contributed by atoms with Gasteiger partial charge in [0.25, 0.3) is 0 Å². The molecule has 3 heteroatoms. The van der Waals surface area contributed by atoms with E-state index in [-0.39, 0.29) is 6.04 Å². The Morgan fingerprint density at radius 2 is 1.83 bits per heavy atom. The molecule has 0 fully saturated rings. The van der Waals surface area contributed by atoms with E-state index in [1.165, 1.54) is 0 Å². The van der Waals surface area contributed by atoms with Gasteiger partial charge < -0.3 is 5.73 Å². The molecule has 1 aromatic carbocycles. The van der Waals surface area contributed by atoms with Gasteiger partial charge >= 0.3 is 0 Å². The molecule has 0 amide bonds. The lowest BCUT2D eigenvalue weighted by Gasteiger charge is -2.25. The fourth-order valence-corrected chi connectivity index (χ4v) is 2.94. The Kier molecular flexibility index (Phi) is 5.51. The second kappa shape index (κ2) is 6.27. The van der Waals surface area contributed by atoms with Gasteiger partial charge in [0.2, 0.25) is 0 Å². The third-order valence-electron chi connectivity index (χ3n) is 3.00. The Morgan fingerprint density at radius 3 is 2.39 bits per heavy atom. The second-order valence-electron chi connectivity index (χ2n) is 6.36. The Balaban J connectivity index is 2.71. The maximum absolute atomic E-state index is 6.24. The molecule has 0 bridgehead atoms. The van der Waals surface area contributed by atoms with E-state index >= 15 is 0 Å². The van der Waals surface area contributed by atoms with E-state index in [0.717, 1.165) is 18.4 Å². The van der Waals surface area contributed by atoms with Crippen LogP contribution in [0.5, 0.6) is 0 Å². The van der Waals surface area contributed by atoms with Crippen LogP contribution in [-0.4, -0.2) is 0 Å². The van der Waals surface area contributed by atoms with Crippen molar-refractivity contribution in [3.8, 4) is 0 Å². The molecule has 1 aromatic rings. The zero-order valence-corrected chi connectivity index (χ0v) is 13.1. The van der Waals surface area contributed by atoms with Crippen LogP contribution in [0, 0.1) is 11.3 Å². The third-order valence-corrected chi connectivity index (χ3v) is 3.83. The van der Waals surface area contributed by atoms with Gasteiger partial charge in [-0.3, -0.25) is 0 Å². The van der Waals surface area contributed by atoms with Gasteiger partial charge in [-0.1, -0.05) is 63.0 Å². The molecule has 0 aromatic heterocycles. The van der Waals surface area contributed by atoms with Crippen LogP contribution >= 0.6 is 23.2 Å². The predicted molar refractivity (Wildman–Crippen MR) is 81.2 cm³/mol. The molecule has 0 aliphatic carbocycles. The molecule has 102 valence electrons. The fraction of sp³-hybridized carbons (Fsp3) is 0.600. The summed E-state index contributed by atoms with van der Waals surface area (Å²) in [6, 6.07) is 5.60. The standard InChI is InChI=1S/C15H23Cl2N/c1-10(9-15(2,3)4)8-13(18)11-6-5-7-12(16)14(11)17/h5-7,10,13H,8-9,18H2,1-4H3. The van der Waals surface area contributed by atoms with Crippen LogP contribution in [0.25, 0.3) is 0 Å². The second-order valence-corrected chi connectivity index (χ2v) is 7.14. The molecule has 0 aliphatic rings. The summed E-state index contributed by atoms with van der Waals surface area (Å²) >= 11 is 12.2. The molecule has 2 atom stereocenters. The molecule has 2 unspecified atom stereocenters. The van der Waals surface area contributed by atoms with E-state index in [1.54, 1.807) is 6.07 Å². The van der Waals surface area contributed by atoms with Crippen molar-refractivity contribution in [1.82, 2.24) is 0 Å².